The van der Waals surface area contributed by atoms with Gasteiger partial charge in [0.05, 0.1) is 5.69 Å². The van der Waals surface area contributed by atoms with Crippen LogP contribution in [-0.4, -0.2) is 9.97 Å². The number of aromatic nitrogens is 2. The van der Waals surface area contributed by atoms with E-state index in [0.717, 1.165) is 27.6 Å². The summed E-state index contributed by atoms with van der Waals surface area (Å²) >= 11 is 3.33. The molecule has 5 heteroatoms. The highest BCUT2D eigenvalue weighted by atomic mass is 32.1. The Balaban J connectivity index is 1.54. The van der Waals surface area contributed by atoms with Crippen molar-refractivity contribution in [3.63, 3.8) is 0 Å². The summed E-state index contributed by atoms with van der Waals surface area (Å²) < 4.78 is 5.88. The number of nitrogens with zero attached hydrogens (tertiary/aromatic N) is 2. The monoisotopic (exact) mass is 350 g/mol. The topological polar surface area (TPSA) is 35.0 Å². The first-order valence-corrected chi connectivity index (χ1v) is 9.26. The molecule has 0 aliphatic heterocycles. The standard InChI is InChI=1S/C19H14N2OS2/c1-4-14(10-16(6-1)22-12-17-7-3-9-23-17)19-21-18(13-24-19)15-5-2-8-20-11-15/h1-11,13H,12H2. The highest BCUT2D eigenvalue weighted by Crippen LogP contribution is 2.30. The molecule has 0 aliphatic rings. The average Bonchev–Trinajstić information content (AvgIpc) is 3.33. The minimum absolute atomic E-state index is 0.597. The highest BCUT2D eigenvalue weighted by Gasteiger charge is 2.08. The fourth-order valence-electron chi connectivity index (χ4n) is 2.32. The molecule has 0 aliphatic carbocycles. The fourth-order valence-corrected chi connectivity index (χ4v) is 3.76. The van der Waals surface area contributed by atoms with Crippen LogP contribution in [0, 0.1) is 0 Å². The molecule has 0 saturated heterocycles. The van der Waals surface area contributed by atoms with Crippen LogP contribution in [0.25, 0.3) is 21.8 Å². The first-order chi connectivity index (χ1) is 11.9. The minimum Gasteiger partial charge on any atom is -0.488 e. The molecule has 0 bridgehead atoms. The van der Waals surface area contributed by atoms with Gasteiger partial charge in [0.2, 0.25) is 0 Å². The maximum absolute atomic E-state index is 5.88. The van der Waals surface area contributed by atoms with E-state index < -0.39 is 0 Å². The third-order valence-corrected chi connectivity index (χ3v) is 5.24. The first-order valence-electron chi connectivity index (χ1n) is 7.50. The molecule has 3 aromatic heterocycles. The van der Waals surface area contributed by atoms with E-state index in [9.17, 15) is 0 Å². The molecule has 0 amide bonds. The molecule has 0 fully saturated rings. The SMILES string of the molecule is c1cncc(-c2csc(-c3cccc(OCc4cccs4)c3)n2)c1. The minimum atomic E-state index is 0.597. The van der Waals surface area contributed by atoms with E-state index in [0.29, 0.717) is 6.61 Å². The Bertz CT molecular complexity index is 917. The van der Waals surface area contributed by atoms with E-state index in [1.54, 1.807) is 28.9 Å². The molecule has 4 rings (SSSR count). The van der Waals surface area contributed by atoms with Gasteiger partial charge in [-0.15, -0.1) is 22.7 Å². The largest absolute Gasteiger partial charge is 0.488 e. The van der Waals surface area contributed by atoms with E-state index in [-0.39, 0.29) is 0 Å². The van der Waals surface area contributed by atoms with Crippen LogP contribution >= 0.6 is 22.7 Å². The molecule has 24 heavy (non-hydrogen) atoms. The molecule has 118 valence electrons. The van der Waals surface area contributed by atoms with Crippen LogP contribution < -0.4 is 4.74 Å². The second-order valence-corrected chi connectivity index (χ2v) is 7.07. The molecule has 3 heterocycles. The van der Waals surface area contributed by atoms with Crippen molar-refractivity contribution in [2.24, 2.45) is 0 Å². The van der Waals surface area contributed by atoms with Crippen molar-refractivity contribution in [2.45, 2.75) is 6.61 Å². The van der Waals surface area contributed by atoms with Crippen molar-refractivity contribution < 1.29 is 4.74 Å². The number of pyridine rings is 1. The zero-order valence-corrected chi connectivity index (χ0v) is 14.4. The molecule has 0 spiro atoms. The van der Waals surface area contributed by atoms with Gasteiger partial charge in [0, 0.05) is 33.8 Å². The van der Waals surface area contributed by atoms with Gasteiger partial charge < -0.3 is 4.74 Å². The normalized spacial score (nSPS) is 10.7. The molecule has 0 N–H and O–H groups in total. The van der Waals surface area contributed by atoms with Crippen LogP contribution in [0.15, 0.2) is 71.7 Å². The Morgan fingerprint density at radius 1 is 0.958 bits per heavy atom. The lowest BCUT2D eigenvalue weighted by molar-refractivity contribution is 0.310. The van der Waals surface area contributed by atoms with Gasteiger partial charge >= 0.3 is 0 Å². The summed E-state index contributed by atoms with van der Waals surface area (Å²) in [5, 5.41) is 5.10. The predicted molar refractivity (Wildman–Crippen MR) is 99.4 cm³/mol. The highest BCUT2D eigenvalue weighted by molar-refractivity contribution is 7.13. The number of ether oxygens (including phenoxy) is 1. The van der Waals surface area contributed by atoms with Gasteiger partial charge in [-0.05, 0) is 35.7 Å². The van der Waals surface area contributed by atoms with Gasteiger partial charge in [0.25, 0.3) is 0 Å². The third-order valence-electron chi connectivity index (χ3n) is 3.50. The number of benzene rings is 1. The Labute approximate surface area is 148 Å². The molecule has 0 unspecified atom stereocenters. The Hall–Kier alpha value is -2.50. The van der Waals surface area contributed by atoms with Crippen LogP contribution in [0.3, 0.4) is 0 Å². The smallest absolute Gasteiger partial charge is 0.124 e. The van der Waals surface area contributed by atoms with Crippen molar-refractivity contribution >= 4 is 22.7 Å². The summed E-state index contributed by atoms with van der Waals surface area (Å²) in [7, 11) is 0. The lowest BCUT2D eigenvalue weighted by Crippen LogP contribution is -1.92. The van der Waals surface area contributed by atoms with Crippen LogP contribution in [0.4, 0.5) is 0 Å². The number of thiophene rings is 1. The Morgan fingerprint density at radius 3 is 2.75 bits per heavy atom. The molecule has 0 radical (unpaired) electrons. The van der Waals surface area contributed by atoms with Crippen LogP contribution in [0.5, 0.6) is 5.75 Å². The molecular formula is C19H14N2OS2. The first kappa shape index (κ1) is 15.1. The van der Waals surface area contributed by atoms with E-state index in [1.807, 2.05) is 42.6 Å². The van der Waals surface area contributed by atoms with Gasteiger partial charge in [-0.3, -0.25) is 4.98 Å². The van der Waals surface area contributed by atoms with Gasteiger partial charge in [0.15, 0.2) is 0 Å². The summed E-state index contributed by atoms with van der Waals surface area (Å²) in [4.78, 5) is 10.1. The molecule has 0 saturated carbocycles. The summed E-state index contributed by atoms with van der Waals surface area (Å²) in [6.07, 6.45) is 3.60. The van der Waals surface area contributed by atoms with Crippen LogP contribution in [0.1, 0.15) is 4.88 Å². The van der Waals surface area contributed by atoms with Crippen LogP contribution in [-0.2, 0) is 6.61 Å². The Kier molecular flexibility index (Phi) is 4.36. The zero-order valence-electron chi connectivity index (χ0n) is 12.8. The summed E-state index contributed by atoms with van der Waals surface area (Å²) in [5.74, 6) is 0.860. The summed E-state index contributed by atoms with van der Waals surface area (Å²) in [6.45, 7) is 0.597. The zero-order chi connectivity index (χ0) is 16.2. The van der Waals surface area contributed by atoms with Crippen molar-refractivity contribution in [3.8, 4) is 27.6 Å². The summed E-state index contributed by atoms with van der Waals surface area (Å²) in [6, 6.07) is 16.1. The average molecular weight is 350 g/mol. The number of rotatable bonds is 5. The molecule has 4 aromatic rings. The number of hydrogen-bond acceptors (Lipinski definition) is 5. The van der Waals surface area contributed by atoms with Crippen molar-refractivity contribution in [1.82, 2.24) is 9.97 Å². The van der Waals surface area contributed by atoms with Gasteiger partial charge in [-0.2, -0.15) is 0 Å². The lowest BCUT2D eigenvalue weighted by Gasteiger charge is -2.06. The van der Waals surface area contributed by atoms with Gasteiger partial charge in [-0.1, -0.05) is 18.2 Å². The molecule has 1 aromatic carbocycles. The van der Waals surface area contributed by atoms with Crippen LogP contribution in [0.2, 0.25) is 0 Å². The van der Waals surface area contributed by atoms with E-state index in [2.05, 4.69) is 27.9 Å². The van der Waals surface area contributed by atoms with E-state index >= 15 is 0 Å². The molecule has 3 nitrogen and oxygen atoms in total. The molecule has 0 atom stereocenters. The number of hydrogen-bond donors (Lipinski definition) is 0. The lowest BCUT2D eigenvalue weighted by atomic mass is 10.2. The van der Waals surface area contributed by atoms with Crippen molar-refractivity contribution in [3.05, 3.63) is 76.6 Å². The van der Waals surface area contributed by atoms with E-state index in [4.69, 9.17) is 9.72 Å². The fraction of sp³-hybridized carbons (Fsp3) is 0.0526. The quantitative estimate of drug-likeness (QED) is 0.476. The maximum atomic E-state index is 5.88. The number of thiazole rings is 1. The third kappa shape index (κ3) is 3.37. The second kappa shape index (κ2) is 6.95. The predicted octanol–water partition coefficient (Wildman–Crippen LogP) is 5.51. The van der Waals surface area contributed by atoms with E-state index in [1.165, 1.54) is 4.88 Å². The van der Waals surface area contributed by atoms with Gasteiger partial charge in [0.1, 0.15) is 17.4 Å². The molecular weight excluding hydrogens is 336 g/mol. The van der Waals surface area contributed by atoms with Crippen molar-refractivity contribution in [2.75, 3.05) is 0 Å². The van der Waals surface area contributed by atoms with Crippen molar-refractivity contribution in [1.29, 1.82) is 0 Å². The second-order valence-electron chi connectivity index (χ2n) is 5.18. The summed E-state index contributed by atoms with van der Waals surface area (Å²) in [5.41, 5.74) is 3.05. The Morgan fingerprint density at radius 2 is 1.92 bits per heavy atom. The van der Waals surface area contributed by atoms with Gasteiger partial charge in [-0.25, -0.2) is 4.98 Å². The maximum Gasteiger partial charge on any atom is 0.124 e.